The van der Waals surface area contributed by atoms with Gasteiger partial charge in [-0.15, -0.1) is 0 Å². The molecule has 1 aliphatic carbocycles. The molecule has 1 N–H and O–H groups in total. The third kappa shape index (κ3) is 4.25. The fraction of sp³-hybridized carbons (Fsp3) is 0.593. The van der Waals surface area contributed by atoms with Gasteiger partial charge in [0, 0.05) is 68.2 Å². The van der Waals surface area contributed by atoms with Gasteiger partial charge in [-0.25, -0.2) is 14.8 Å². The topological polar surface area (TPSA) is 110 Å². The Morgan fingerprint density at radius 1 is 1.22 bits per heavy atom. The fourth-order valence-corrected chi connectivity index (χ4v) is 6.62. The van der Waals surface area contributed by atoms with E-state index in [0.717, 1.165) is 93.5 Å². The van der Waals surface area contributed by atoms with Crippen LogP contribution >= 0.6 is 0 Å². The maximum Gasteiger partial charge on any atom is 0.320 e. The summed E-state index contributed by atoms with van der Waals surface area (Å²) in [5.74, 6) is 0. The Labute approximate surface area is 217 Å². The number of hydrogen-bond acceptors (Lipinski definition) is 6. The Morgan fingerprint density at radius 2 is 2.05 bits per heavy atom. The van der Waals surface area contributed by atoms with E-state index in [0.29, 0.717) is 18.5 Å². The Bertz CT molecular complexity index is 1290. The fourth-order valence-electron chi connectivity index (χ4n) is 6.62. The molecule has 5 heterocycles. The lowest BCUT2D eigenvalue weighted by molar-refractivity contribution is -0.0150. The summed E-state index contributed by atoms with van der Waals surface area (Å²) in [7, 11) is 0. The normalized spacial score (nSPS) is 26.4. The van der Waals surface area contributed by atoms with E-state index in [4.69, 9.17) is 5.10 Å². The van der Waals surface area contributed by atoms with Crippen LogP contribution in [0.5, 0.6) is 0 Å². The van der Waals surface area contributed by atoms with Crippen molar-refractivity contribution in [1.29, 1.82) is 5.26 Å². The number of nitrogens with zero attached hydrogens (tertiary/aromatic N) is 8. The average molecular weight is 502 g/mol. The largest absolute Gasteiger partial charge is 0.346 e. The predicted molar refractivity (Wildman–Crippen MR) is 140 cm³/mol. The van der Waals surface area contributed by atoms with Crippen molar-refractivity contribution in [3.63, 3.8) is 0 Å². The monoisotopic (exact) mass is 501 g/mol. The number of nitrogens with one attached hydrogen (secondary N) is 1. The summed E-state index contributed by atoms with van der Waals surface area (Å²) in [6.07, 6.45) is 14.0. The first-order valence-corrected chi connectivity index (χ1v) is 13.6. The van der Waals surface area contributed by atoms with Crippen molar-refractivity contribution < 1.29 is 4.79 Å². The van der Waals surface area contributed by atoms with E-state index in [9.17, 15) is 10.1 Å². The smallest absolute Gasteiger partial charge is 0.320 e. The molecule has 0 unspecified atom stereocenters. The maximum atomic E-state index is 13.2. The van der Waals surface area contributed by atoms with Gasteiger partial charge >= 0.3 is 6.03 Å². The minimum absolute atomic E-state index is 0.230. The highest BCUT2D eigenvalue weighted by Crippen LogP contribution is 2.45. The Kier molecular flexibility index (Phi) is 6.32. The number of rotatable bonds is 6. The van der Waals surface area contributed by atoms with Gasteiger partial charge in [0.25, 0.3) is 0 Å². The van der Waals surface area contributed by atoms with Gasteiger partial charge in [-0.3, -0.25) is 9.58 Å². The number of likely N-dealkylation sites (tertiary alicyclic amines) is 1. The van der Waals surface area contributed by atoms with E-state index in [1.54, 1.807) is 6.33 Å². The minimum Gasteiger partial charge on any atom is -0.346 e. The molecule has 0 spiro atoms. The molecule has 3 aromatic heterocycles. The van der Waals surface area contributed by atoms with Gasteiger partial charge in [-0.1, -0.05) is 13.3 Å². The number of fused-ring (bicyclic) bond motifs is 1. The molecule has 1 atom stereocenters. The first kappa shape index (κ1) is 23.9. The number of amides is 2. The minimum atomic E-state index is -0.294. The maximum absolute atomic E-state index is 13.2. The molecule has 2 amide bonds. The van der Waals surface area contributed by atoms with Gasteiger partial charge in [-0.05, 0) is 38.2 Å². The number of aromatic amines is 1. The predicted octanol–water partition coefficient (Wildman–Crippen LogP) is 3.59. The summed E-state index contributed by atoms with van der Waals surface area (Å²) in [6.45, 7) is 6.44. The molecule has 1 saturated carbocycles. The van der Waals surface area contributed by atoms with Crippen molar-refractivity contribution in [2.45, 2.75) is 69.5 Å². The third-order valence-corrected chi connectivity index (χ3v) is 8.68. The van der Waals surface area contributed by atoms with Crippen LogP contribution in [0.3, 0.4) is 0 Å². The second kappa shape index (κ2) is 9.78. The van der Waals surface area contributed by atoms with Crippen LogP contribution in [-0.2, 0) is 5.54 Å². The molecule has 3 fully saturated rings. The van der Waals surface area contributed by atoms with Gasteiger partial charge in [0.1, 0.15) is 12.0 Å². The third-order valence-electron chi connectivity index (χ3n) is 8.68. The molecule has 0 bridgehead atoms. The van der Waals surface area contributed by atoms with Crippen molar-refractivity contribution >= 4 is 17.1 Å². The SMILES string of the molecule is CCC[C@H]1CCCN1C(=O)N1CCN([C@H]2C[C@](CC#N)(n3cc(-c4ncnc5[nH]ccc45)cn3)C2)CC1. The summed E-state index contributed by atoms with van der Waals surface area (Å²) in [5, 5.41) is 15.3. The number of aromatic nitrogens is 5. The van der Waals surface area contributed by atoms with Gasteiger partial charge in [0.15, 0.2) is 0 Å². The lowest BCUT2D eigenvalue weighted by atomic mass is 9.70. The van der Waals surface area contributed by atoms with Crippen LogP contribution in [-0.4, -0.2) is 90.3 Å². The number of piperazine rings is 1. The standard InChI is InChI=1S/C27H35N9O/c1-2-4-21-5-3-10-35(21)26(37)34-13-11-33(12-14-34)22-15-27(16-22,7-8-28)36-18-20(17-32-36)24-23-6-9-29-25(23)31-19-30-24/h6,9,17-19,21-22H,2-5,7,10-16H2,1H3,(H,29,30,31)/t21-,22-,27-/m0/s1. The molecule has 194 valence electrons. The molecule has 0 radical (unpaired) electrons. The zero-order valence-corrected chi connectivity index (χ0v) is 21.5. The summed E-state index contributed by atoms with van der Waals surface area (Å²) in [5.41, 5.74) is 2.29. The quantitative estimate of drug-likeness (QED) is 0.553. The van der Waals surface area contributed by atoms with E-state index >= 15 is 0 Å². The first-order valence-electron chi connectivity index (χ1n) is 13.6. The molecular weight excluding hydrogens is 466 g/mol. The number of carbonyl (C=O) groups is 1. The lowest BCUT2D eigenvalue weighted by Crippen LogP contribution is -2.61. The van der Waals surface area contributed by atoms with Crippen LogP contribution in [0, 0.1) is 11.3 Å². The molecule has 37 heavy (non-hydrogen) atoms. The van der Waals surface area contributed by atoms with Crippen LogP contribution < -0.4 is 0 Å². The molecule has 10 nitrogen and oxygen atoms in total. The average Bonchev–Trinajstić information content (AvgIpc) is 3.67. The van der Waals surface area contributed by atoms with E-state index < -0.39 is 0 Å². The highest BCUT2D eigenvalue weighted by Gasteiger charge is 2.49. The van der Waals surface area contributed by atoms with Gasteiger partial charge < -0.3 is 14.8 Å². The number of nitriles is 1. The number of hydrogen-bond donors (Lipinski definition) is 1. The van der Waals surface area contributed by atoms with Gasteiger partial charge in [-0.2, -0.15) is 10.4 Å². The van der Waals surface area contributed by atoms with Crippen molar-refractivity contribution in [3.8, 4) is 17.3 Å². The zero-order chi connectivity index (χ0) is 25.4. The summed E-state index contributed by atoms with van der Waals surface area (Å²) < 4.78 is 1.99. The van der Waals surface area contributed by atoms with Crippen LogP contribution in [0.4, 0.5) is 4.79 Å². The van der Waals surface area contributed by atoms with Gasteiger partial charge in [0.2, 0.25) is 0 Å². The highest BCUT2D eigenvalue weighted by atomic mass is 16.2. The van der Waals surface area contributed by atoms with Crippen LogP contribution in [0.25, 0.3) is 22.3 Å². The molecule has 6 rings (SSSR count). The molecule has 10 heteroatoms. The highest BCUT2D eigenvalue weighted by molar-refractivity contribution is 5.90. The summed E-state index contributed by atoms with van der Waals surface area (Å²) >= 11 is 0. The Morgan fingerprint density at radius 3 is 2.84 bits per heavy atom. The van der Waals surface area contributed by atoms with Crippen LogP contribution in [0.1, 0.15) is 51.9 Å². The zero-order valence-electron chi connectivity index (χ0n) is 21.5. The second-order valence-electron chi connectivity index (χ2n) is 10.8. The van der Waals surface area contributed by atoms with Crippen LogP contribution in [0.15, 0.2) is 31.0 Å². The summed E-state index contributed by atoms with van der Waals surface area (Å²) in [6, 6.07) is 5.44. The number of H-pyrrole nitrogens is 1. The Hall–Kier alpha value is -3.45. The second-order valence-corrected chi connectivity index (χ2v) is 10.8. The molecule has 2 aliphatic heterocycles. The van der Waals surface area contributed by atoms with E-state index in [1.165, 1.54) is 0 Å². The van der Waals surface area contributed by atoms with Crippen molar-refractivity contribution in [1.82, 2.24) is 39.4 Å². The molecule has 0 aromatic carbocycles. The first-order chi connectivity index (χ1) is 18.1. The Balaban J connectivity index is 1.09. The summed E-state index contributed by atoms with van der Waals surface area (Å²) in [4.78, 5) is 31.8. The van der Waals surface area contributed by atoms with Crippen LogP contribution in [0.2, 0.25) is 0 Å². The number of carbonyl (C=O) groups excluding carboxylic acids is 1. The molecule has 2 saturated heterocycles. The molecular formula is C27H35N9O. The van der Waals surface area contributed by atoms with Crippen molar-refractivity contribution in [2.24, 2.45) is 0 Å². The lowest BCUT2D eigenvalue weighted by Gasteiger charge is -2.52. The van der Waals surface area contributed by atoms with Crippen molar-refractivity contribution in [3.05, 3.63) is 31.0 Å². The van der Waals surface area contributed by atoms with Gasteiger partial charge in [0.05, 0.1) is 29.9 Å². The van der Waals surface area contributed by atoms with E-state index in [1.807, 2.05) is 29.3 Å². The number of urea groups is 1. The van der Waals surface area contributed by atoms with E-state index in [2.05, 4.69) is 42.6 Å². The van der Waals surface area contributed by atoms with E-state index in [-0.39, 0.29) is 11.6 Å². The molecule has 3 aromatic rings. The van der Waals surface area contributed by atoms with Crippen molar-refractivity contribution in [2.75, 3.05) is 32.7 Å². The molecule has 3 aliphatic rings.